The van der Waals surface area contributed by atoms with Crippen LogP contribution in [0.25, 0.3) is 0 Å². The van der Waals surface area contributed by atoms with Gasteiger partial charge in [-0.15, -0.1) is 0 Å². The molecule has 6 nitrogen and oxygen atoms in total. The lowest BCUT2D eigenvalue weighted by Gasteiger charge is -2.52. The van der Waals surface area contributed by atoms with Crippen molar-refractivity contribution in [1.29, 1.82) is 0 Å². The molecule has 2 saturated heterocycles. The smallest absolute Gasteiger partial charge is 0.229 e. The van der Waals surface area contributed by atoms with Crippen molar-refractivity contribution in [2.75, 3.05) is 12.4 Å². The van der Waals surface area contributed by atoms with E-state index in [0.717, 1.165) is 11.1 Å². The Morgan fingerprint density at radius 2 is 1.75 bits per heavy atom. The monoisotopic (exact) mass is 607 g/mol. The van der Waals surface area contributed by atoms with Gasteiger partial charge >= 0.3 is 0 Å². The van der Waals surface area contributed by atoms with Crippen LogP contribution in [0.2, 0.25) is 10.0 Å². The van der Waals surface area contributed by atoms with Gasteiger partial charge in [0.1, 0.15) is 0 Å². The highest BCUT2D eigenvalue weighted by atomic mass is 35.5. The molecule has 0 spiro atoms. The highest BCUT2D eigenvalue weighted by molar-refractivity contribution is 7.94. The van der Waals surface area contributed by atoms with E-state index in [1.807, 2.05) is 81.1 Å². The molecular weight excluding hydrogens is 569 g/mol. The standard InChI is InChI=1S/C31H39Cl2NO5S/c1-6-25(15-16-40(36,37)7-2)34-28(21-11-13-23(32)14-12-21)27(22-9-8-10-24(33)17-22)19-31(5,29(34)35)18-26-20-38-30(3,4)39-26/h8-17,25-28H,6-7,18-20H2,1-5H3/b16-15+/t25-,26+,27+,28?,31-/m0/s1. The van der Waals surface area contributed by atoms with Gasteiger partial charge in [-0.3, -0.25) is 4.79 Å². The fraction of sp³-hybridized carbons (Fsp3) is 0.516. The maximum Gasteiger partial charge on any atom is 0.229 e. The van der Waals surface area contributed by atoms with Gasteiger partial charge in [-0.2, -0.15) is 0 Å². The summed E-state index contributed by atoms with van der Waals surface area (Å²) in [6, 6.07) is 14.5. The summed E-state index contributed by atoms with van der Waals surface area (Å²) in [4.78, 5) is 16.6. The first-order valence-corrected chi connectivity index (χ1v) is 16.3. The maximum atomic E-state index is 14.7. The molecule has 1 amide bonds. The van der Waals surface area contributed by atoms with Crippen molar-refractivity contribution in [3.8, 4) is 0 Å². The topological polar surface area (TPSA) is 72.9 Å². The van der Waals surface area contributed by atoms with Gasteiger partial charge in [0.25, 0.3) is 0 Å². The Kier molecular flexibility index (Phi) is 9.42. The van der Waals surface area contributed by atoms with Crippen molar-refractivity contribution in [3.63, 3.8) is 0 Å². The molecule has 0 N–H and O–H groups in total. The number of hydrogen-bond donors (Lipinski definition) is 0. The van der Waals surface area contributed by atoms with Crippen molar-refractivity contribution >= 4 is 38.9 Å². The van der Waals surface area contributed by atoms with E-state index in [1.165, 1.54) is 5.41 Å². The minimum Gasteiger partial charge on any atom is -0.348 e. The summed E-state index contributed by atoms with van der Waals surface area (Å²) in [7, 11) is -3.39. The highest BCUT2D eigenvalue weighted by Crippen LogP contribution is 2.53. The highest BCUT2D eigenvalue weighted by Gasteiger charge is 2.53. The molecule has 2 fully saturated rings. The van der Waals surface area contributed by atoms with E-state index in [0.29, 0.717) is 35.9 Å². The second-order valence-corrected chi connectivity index (χ2v) is 14.6. The summed E-state index contributed by atoms with van der Waals surface area (Å²) < 4.78 is 36.9. The number of sulfone groups is 1. The third-order valence-electron chi connectivity index (χ3n) is 8.02. The molecule has 9 heteroatoms. The van der Waals surface area contributed by atoms with Crippen LogP contribution in [0.1, 0.15) is 77.0 Å². The minimum atomic E-state index is -3.39. The molecule has 40 heavy (non-hydrogen) atoms. The first kappa shape index (κ1) is 31.0. The number of rotatable bonds is 9. The van der Waals surface area contributed by atoms with Gasteiger partial charge in [-0.05, 0) is 68.5 Å². The second kappa shape index (κ2) is 12.1. The molecule has 2 heterocycles. The largest absolute Gasteiger partial charge is 0.348 e. The lowest BCUT2D eigenvalue weighted by molar-refractivity contribution is -0.161. The molecule has 0 bridgehead atoms. The van der Waals surface area contributed by atoms with Crippen molar-refractivity contribution in [2.24, 2.45) is 5.41 Å². The average Bonchev–Trinajstić information content (AvgIpc) is 3.24. The SMILES string of the molecule is CC[C@@H](/C=C/S(=O)(=O)CC)N1C(=O)[C@@](C)(C[C@@H]2COC(C)(C)O2)C[C@H](c2cccc(Cl)c2)C1c1ccc(Cl)cc1. The lowest BCUT2D eigenvalue weighted by atomic mass is 9.66. The normalized spacial score (nSPS) is 27.8. The molecule has 1 unspecified atom stereocenters. The van der Waals surface area contributed by atoms with E-state index in [9.17, 15) is 13.2 Å². The zero-order chi connectivity index (χ0) is 29.3. The first-order valence-electron chi connectivity index (χ1n) is 13.8. The first-order chi connectivity index (χ1) is 18.8. The van der Waals surface area contributed by atoms with Gasteiger partial charge < -0.3 is 14.4 Å². The van der Waals surface area contributed by atoms with Gasteiger partial charge in [0.05, 0.1) is 30.5 Å². The van der Waals surface area contributed by atoms with Crippen LogP contribution in [0.5, 0.6) is 0 Å². The Balaban J connectivity index is 1.87. The fourth-order valence-corrected chi connectivity index (χ4v) is 6.97. The van der Waals surface area contributed by atoms with Crippen molar-refractivity contribution in [3.05, 3.63) is 81.2 Å². The molecule has 2 aliphatic heterocycles. The van der Waals surface area contributed by atoms with Gasteiger partial charge in [0.15, 0.2) is 15.6 Å². The van der Waals surface area contributed by atoms with Crippen LogP contribution < -0.4 is 0 Å². The molecule has 2 aromatic carbocycles. The quantitative estimate of drug-likeness (QED) is 0.298. The Hall–Kier alpha value is -1.90. The zero-order valence-corrected chi connectivity index (χ0v) is 26.1. The van der Waals surface area contributed by atoms with Crippen LogP contribution in [-0.4, -0.2) is 49.5 Å². The van der Waals surface area contributed by atoms with E-state index in [1.54, 1.807) is 13.0 Å². The summed E-state index contributed by atoms with van der Waals surface area (Å²) in [5.41, 5.74) is 1.14. The number of piperidine rings is 1. The molecule has 2 aliphatic rings. The number of nitrogens with zero attached hydrogens (tertiary/aromatic N) is 1. The Labute approximate surface area is 248 Å². The van der Waals surface area contributed by atoms with Crippen LogP contribution in [0, 0.1) is 5.41 Å². The van der Waals surface area contributed by atoms with Crippen LogP contribution in [0.3, 0.4) is 0 Å². The Bertz CT molecular complexity index is 1340. The lowest BCUT2D eigenvalue weighted by Crippen LogP contribution is -2.56. The van der Waals surface area contributed by atoms with Gasteiger partial charge in [0.2, 0.25) is 5.91 Å². The molecule has 0 radical (unpaired) electrons. The molecule has 2 aromatic rings. The molecule has 218 valence electrons. The molecule has 5 atom stereocenters. The summed E-state index contributed by atoms with van der Waals surface area (Å²) >= 11 is 12.7. The number of carbonyl (C=O) groups is 1. The number of carbonyl (C=O) groups excluding carboxylic acids is 1. The maximum absolute atomic E-state index is 14.7. The van der Waals surface area contributed by atoms with Crippen LogP contribution in [0.15, 0.2) is 60.0 Å². The average molecular weight is 609 g/mol. The number of amides is 1. The molecule has 0 saturated carbocycles. The summed E-state index contributed by atoms with van der Waals surface area (Å²) in [5, 5.41) is 2.47. The molecular formula is C31H39Cl2NO5S. The number of hydrogen-bond acceptors (Lipinski definition) is 5. The summed E-state index contributed by atoms with van der Waals surface area (Å²) in [6.45, 7) is 9.73. The number of ether oxygens (including phenoxy) is 2. The predicted molar refractivity (Wildman–Crippen MR) is 160 cm³/mol. The van der Waals surface area contributed by atoms with E-state index >= 15 is 0 Å². The molecule has 0 aromatic heterocycles. The summed E-state index contributed by atoms with van der Waals surface area (Å²) in [5.74, 6) is -0.876. The number of likely N-dealkylation sites (tertiary alicyclic amines) is 1. The third-order valence-corrected chi connectivity index (χ3v) is 9.89. The number of benzene rings is 2. The Morgan fingerprint density at radius 1 is 1.05 bits per heavy atom. The molecule has 4 rings (SSSR count). The van der Waals surface area contributed by atoms with E-state index < -0.39 is 27.1 Å². The van der Waals surface area contributed by atoms with E-state index in [-0.39, 0.29) is 29.7 Å². The van der Waals surface area contributed by atoms with Crippen molar-refractivity contribution in [1.82, 2.24) is 4.90 Å². The summed E-state index contributed by atoms with van der Waals surface area (Å²) in [6.07, 6.45) is 3.00. The fourth-order valence-electron chi connectivity index (χ4n) is 6.03. The minimum absolute atomic E-state index is 0.00779. The van der Waals surface area contributed by atoms with Crippen LogP contribution in [0.4, 0.5) is 0 Å². The zero-order valence-electron chi connectivity index (χ0n) is 23.8. The van der Waals surface area contributed by atoms with Crippen LogP contribution >= 0.6 is 23.2 Å². The predicted octanol–water partition coefficient (Wildman–Crippen LogP) is 7.33. The van der Waals surface area contributed by atoms with Crippen LogP contribution in [-0.2, 0) is 24.1 Å². The number of halogens is 2. The molecule has 0 aliphatic carbocycles. The van der Waals surface area contributed by atoms with Gasteiger partial charge in [0, 0.05) is 26.8 Å². The van der Waals surface area contributed by atoms with E-state index in [2.05, 4.69) is 0 Å². The van der Waals surface area contributed by atoms with E-state index in [4.69, 9.17) is 32.7 Å². The van der Waals surface area contributed by atoms with Crippen molar-refractivity contribution < 1.29 is 22.7 Å². The van der Waals surface area contributed by atoms with Crippen molar-refractivity contribution in [2.45, 2.75) is 83.8 Å². The van der Waals surface area contributed by atoms with Gasteiger partial charge in [-0.1, -0.05) is 74.3 Å². The third kappa shape index (κ3) is 6.93. The Morgan fingerprint density at radius 3 is 2.33 bits per heavy atom. The second-order valence-electron chi connectivity index (χ2n) is 11.5. The van der Waals surface area contributed by atoms with Gasteiger partial charge in [-0.25, -0.2) is 8.42 Å².